The van der Waals surface area contributed by atoms with E-state index in [1.54, 1.807) is 0 Å². The summed E-state index contributed by atoms with van der Waals surface area (Å²) in [6.45, 7) is 0. The van der Waals surface area contributed by atoms with Crippen molar-refractivity contribution in [1.82, 2.24) is 0 Å². The molecule has 0 bridgehead atoms. The molecule has 0 atom stereocenters. The van der Waals surface area contributed by atoms with Crippen LogP contribution in [0.25, 0.3) is 5.41 Å². The second kappa shape index (κ2) is 5.03. The van der Waals surface area contributed by atoms with E-state index in [0.717, 1.165) is 0 Å². The first kappa shape index (κ1) is 11.3. The zero-order valence-corrected chi connectivity index (χ0v) is 8.52. The van der Waals surface area contributed by atoms with Crippen molar-refractivity contribution in [1.29, 1.82) is 0 Å². The molecule has 0 heterocycles. The summed E-state index contributed by atoms with van der Waals surface area (Å²) in [7, 11) is 0. The Hall–Kier alpha value is -0.710. The average molecular weight is 171 g/mol. The molecule has 0 saturated carbocycles. The van der Waals surface area contributed by atoms with Crippen LogP contribution in [0.1, 0.15) is 5.56 Å². The third-order valence-electron chi connectivity index (χ3n) is 1.19. The molecule has 12 heavy (non-hydrogen) atoms. The molecular weight excluding hydrogens is 167 g/mol. The first-order valence-corrected chi connectivity index (χ1v) is 2.88. The van der Waals surface area contributed by atoms with E-state index in [-0.39, 0.29) is 40.8 Å². The average Bonchev–Trinajstić information content (AvgIpc) is 2.04. The SMILES string of the molecule is [N-]=Cc1[c-]cccc1[N+](=O)[O-].[Na+]. The van der Waals surface area contributed by atoms with Crippen LogP contribution in [0.2, 0.25) is 0 Å². The Morgan fingerprint density at radius 1 is 1.67 bits per heavy atom. The Morgan fingerprint density at radius 2 is 2.33 bits per heavy atom. The van der Waals surface area contributed by atoms with Gasteiger partial charge in [-0.05, 0) is 0 Å². The second-order valence-electron chi connectivity index (χ2n) is 1.86. The van der Waals surface area contributed by atoms with E-state index in [1.165, 1.54) is 18.2 Å². The Balaban J connectivity index is 0.00000121. The summed E-state index contributed by atoms with van der Waals surface area (Å²) in [6.07, 6.45) is 0.665. The standard InChI is InChI=1S/C7H4N2O2.Na/c8-5-6-3-1-2-4-7(6)9(10)11;/h1-2,4-5H;/q-2;+1. The van der Waals surface area contributed by atoms with Crippen molar-refractivity contribution < 1.29 is 34.5 Å². The van der Waals surface area contributed by atoms with Crippen molar-refractivity contribution in [2.75, 3.05) is 0 Å². The number of nitro groups is 1. The van der Waals surface area contributed by atoms with Crippen LogP contribution in [0.5, 0.6) is 0 Å². The minimum Gasteiger partial charge on any atom is -0.862 e. The number of nitrogens with zero attached hydrogens (tertiary/aromatic N) is 2. The van der Waals surface area contributed by atoms with Crippen molar-refractivity contribution in [2.45, 2.75) is 0 Å². The maximum Gasteiger partial charge on any atom is 1.00 e. The van der Waals surface area contributed by atoms with Gasteiger partial charge in [0.25, 0.3) is 0 Å². The molecule has 5 heteroatoms. The van der Waals surface area contributed by atoms with Crippen LogP contribution in [0.15, 0.2) is 18.2 Å². The first-order chi connectivity index (χ1) is 5.25. The van der Waals surface area contributed by atoms with Gasteiger partial charge in [-0.1, -0.05) is 11.6 Å². The molecule has 0 unspecified atom stereocenters. The van der Waals surface area contributed by atoms with Gasteiger partial charge < -0.3 is 5.41 Å². The van der Waals surface area contributed by atoms with Crippen molar-refractivity contribution in [3.8, 4) is 0 Å². The molecule has 0 saturated heterocycles. The molecule has 0 aliphatic rings. The van der Waals surface area contributed by atoms with E-state index in [4.69, 9.17) is 5.41 Å². The quantitative estimate of drug-likeness (QED) is 0.176. The predicted octanol–water partition coefficient (Wildman–Crippen LogP) is -1.61. The number of hydrogen-bond donors (Lipinski definition) is 0. The monoisotopic (exact) mass is 171 g/mol. The number of rotatable bonds is 2. The Morgan fingerprint density at radius 3 is 2.75 bits per heavy atom. The van der Waals surface area contributed by atoms with Gasteiger partial charge in [0.05, 0.1) is 0 Å². The molecule has 56 valence electrons. The predicted molar refractivity (Wildman–Crippen MR) is 40.5 cm³/mol. The van der Waals surface area contributed by atoms with E-state index in [1.807, 2.05) is 0 Å². The van der Waals surface area contributed by atoms with Crippen LogP contribution in [0, 0.1) is 16.2 Å². The molecule has 0 radical (unpaired) electrons. The second-order valence-corrected chi connectivity index (χ2v) is 1.86. The molecule has 0 amide bonds. The van der Waals surface area contributed by atoms with Gasteiger partial charge in [-0.2, -0.15) is 0 Å². The van der Waals surface area contributed by atoms with Gasteiger partial charge in [0.1, 0.15) is 0 Å². The molecule has 1 aromatic carbocycles. The minimum atomic E-state index is -0.571. The van der Waals surface area contributed by atoms with Crippen LogP contribution < -0.4 is 29.6 Å². The van der Waals surface area contributed by atoms with Crippen molar-refractivity contribution >= 4 is 11.9 Å². The smallest absolute Gasteiger partial charge is 0.862 e. The van der Waals surface area contributed by atoms with E-state index in [0.29, 0.717) is 6.21 Å². The Kier molecular flexibility index (Phi) is 4.73. The molecule has 4 nitrogen and oxygen atoms in total. The van der Waals surface area contributed by atoms with Crippen LogP contribution in [-0.2, 0) is 0 Å². The summed E-state index contributed by atoms with van der Waals surface area (Å²) in [6, 6.07) is 6.81. The zero-order valence-electron chi connectivity index (χ0n) is 6.52. The first-order valence-electron chi connectivity index (χ1n) is 2.88. The fourth-order valence-corrected chi connectivity index (χ4v) is 0.703. The summed E-state index contributed by atoms with van der Waals surface area (Å²) >= 11 is 0. The van der Waals surface area contributed by atoms with Crippen LogP contribution >= 0.6 is 0 Å². The van der Waals surface area contributed by atoms with E-state index >= 15 is 0 Å². The number of hydrogen-bond acceptors (Lipinski definition) is 2. The van der Waals surface area contributed by atoms with Gasteiger partial charge in [0.15, 0.2) is 5.69 Å². The zero-order chi connectivity index (χ0) is 8.27. The van der Waals surface area contributed by atoms with Gasteiger partial charge >= 0.3 is 29.6 Å². The van der Waals surface area contributed by atoms with Crippen LogP contribution in [0.3, 0.4) is 0 Å². The van der Waals surface area contributed by atoms with E-state index < -0.39 is 4.92 Å². The Bertz CT molecular complexity index is 301. The minimum absolute atomic E-state index is 0. The van der Waals surface area contributed by atoms with Gasteiger partial charge in [-0.3, -0.25) is 16.3 Å². The Labute approximate surface area is 91.5 Å². The number of benzene rings is 1. The van der Waals surface area contributed by atoms with Crippen LogP contribution in [0.4, 0.5) is 5.69 Å². The molecular formula is C7H4N2NaO2-. The normalized spacial score (nSPS) is 8.33. The molecule has 0 aliphatic carbocycles. The maximum atomic E-state index is 10.2. The van der Waals surface area contributed by atoms with Gasteiger partial charge in [-0.15, -0.1) is 18.2 Å². The summed E-state index contributed by atoms with van der Waals surface area (Å²) < 4.78 is 0. The van der Waals surface area contributed by atoms with Crippen molar-refractivity contribution in [2.24, 2.45) is 0 Å². The van der Waals surface area contributed by atoms with Crippen molar-refractivity contribution in [3.63, 3.8) is 0 Å². The van der Waals surface area contributed by atoms with Gasteiger partial charge in [0, 0.05) is 4.92 Å². The van der Waals surface area contributed by atoms with Gasteiger partial charge in [-0.25, -0.2) is 0 Å². The summed E-state index contributed by atoms with van der Waals surface area (Å²) in [5, 5.41) is 18.7. The van der Waals surface area contributed by atoms with E-state index in [9.17, 15) is 10.1 Å². The molecule has 0 spiro atoms. The number of nitro benzene ring substituents is 1. The largest absolute Gasteiger partial charge is 1.00 e. The fraction of sp³-hybridized carbons (Fsp3) is 0. The molecule has 1 aromatic rings. The van der Waals surface area contributed by atoms with Crippen LogP contribution in [-0.4, -0.2) is 11.1 Å². The third-order valence-corrected chi connectivity index (χ3v) is 1.19. The third kappa shape index (κ3) is 2.41. The topological polar surface area (TPSA) is 65.4 Å². The van der Waals surface area contributed by atoms with E-state index in [2.05, 4.69) is 6.07 Å². The summed E-state index contributed by atoms with van der Waals surface area (Å²) in [5.41, 5.74) is -0.0486. The molecule has 1 rings (SSSR count). The summed E-state index contributed by atoms with van der Waals surface area (Å²) in [4.78, 5) is 9.66. The fourth-order valence-electron chi connectivity index (χ4n) is 0.703. The molecule has 0 aromatic heterocycles. The van der Waals surface area contributed by atoms with Crippen molar-refractivity contribution in [3.05, 3.63) is 45.4 Å². The summed E-state index contributed by atoms with van der Waals surface area (Å²) in [5.74, 6) is 0. The van der Waals surface area contributed by atoms with Gasteiger partial charge in [0.2, 0.25) is 0 Å². The molecule has 0 fully saturated rings. The molecule has 0 N–H and O–H groups in total. The maximum absolute atomic E-state index is 10.2. The molecule has 0 aliphatic heterocycles.